The molecule has 12 atom stereocenters. The average molecular weight is 1350 g/mol. The van der Waals surface area contributed by atoms with Gasteiger partial charge in [0.15, 0.2) is 0 Å². The van der Waals surface area contributed by atoms with Gasteiger partial charge in [0.1, 0.15) is 52.9 Å². The minimum atomic E-state index is -0.778. The molecule has 3 N–H and O–H groups in total. The minimum absolute atomic E-state index is 0.0445. The number of nitrogens with zero attached hydrogens (tertiary/aromatic N) is 2. The van der Waals surface area contributed by atoms with Gasteiger partial charge in [-0.25, -0.2) is 53.0 Å². The van der Waals surface area contributed by atoms with Crippen molar-refractivity contribution in [2.75, 3.05) is 85.6 Å². The van der Waals surface area contributed by atoms with Gasteiger partial charge in [-0.05, 0) is 236 Å². The second kappa shape index (κ2) is 45.5. The zero-order valence-corrected chi connectivity index (χ0v) is 59.8. The van der Waals surface area contributed by atoms with Gasteiger partial charge in [0.2, 0.25) is 0 Å². The lowest BCUT2D eigenvalue weighted by Gasteiger charge is -2.23. The van der Waals surface area contributed by atoms with E-state index in [1.165, 1.54) is 84.9 Å². The van der Waals surface area contributed by atoms with Crippen LogP contribution in [0.5, 0.6) is 0 Å². The van der Waals surface area contributed by atoms with Crippen molar-refractivity contribution in [1.29, 1.82) is 0 Å². The van der Waals surface area contributed by atoms with Gasteiger partial charge in [-0.2, -0.15) is 0 Å². The van der Waals surface area contributed by atoms with Gasteiger partial charge in [0.05, 0.1) is 0 Å². The molecule has 0 heterocycles. The van der Waals surface area contributed by atoms with Crippen LogP contribution >= 0.6 is 0 Å². The number of amides is 7. The number of urea groups is 2. The van der Waals surface area contributed by atoms with E-state index in [4.69, 9.17) is 28.4 Å². The highest BCUT2D eigenvalue weighted by atomic mass is 16.6. The van der Waals surface area contributed by atoms with E-state index in [-0.39, 0.29) is 83.1 Å². The van der Waals surface area contributed by atoms with Gasteiger partial charge in [-0.15, -0.1) is 0 Å². The topological polar surface area (TPSA) is 287 Å². The van der Waals surface area contributed by atoms with Crippen LogP contribution in [0.4, 0.5) is 24.0 Å². The summed E-state index contributed by atoms with van der Waals surface area (Å²) in [7, 11) is 0. The molecule has 0 aromatic rings. The van der Waals surface area contributed by atoms with E-state index in [0.29, 0.717) is 37.2 Å². The molecule has 12 unspecified atom stereocenters. The number of carbonyl (C=O) groups excluding carboxylic acids is 10. The summed E-state index contributed by atoms with van der Waals surface area (Å²) in [6, 6.07) is -1.04. The first-order valence-corrected chi connectivity index (χ1v) is 35.7. The molecular formula is C73H119N5O18. The van der Waals surface area contributed by atoms with Crippen LogP contribution in [0.15, 0.2) is 48.6 Å². The summed E-state index contributed by atoms with van der Waals surface area (Å²) in [5, 5.41) is 7.42. The Balaban J connectivity index is 0.000000295. The summed E-state index contributed by atoms with van der Waals surface area (Å²) in [4.78, 5) is 113. The third-order valence-corrected chi connectivity index (χ3v) is 19.7. The standard InChI is InChI=1S/2C12H20N2O5.C10H16O4.3C10H16.C9H15NO4/c2*1-5-13-11(16)14(6-2)12(17)19-8-7-18-10(15)9(3)4;1-4-5-9(11)13-6-7-14-10(12)8(2)3;3*1-2-9-7-4-5-8(6-7)10(9)3-1;1-4-10-9(12)14-6-5-13-8(11)7(2)3/h2*3,5-8H2,1-2,4H3,(H,13,16);2,4-7H2,1,3H3;3*7-10H,1-6H2;2,4-6H2,1,3H3,(H,10,12). The molecule has 0 spiro atoms. The number of ether oxygens (including phenoxy) is 8. The van der Waals surface area contributed by atoms with E-state index in [9.17, 15) is 47.9 Å². The Morgan fingerprint density at radius 1 is 0.344 bits per heavy atom. The molecule has 9 aliphatic carbocycles. The molecule has 9 aliphatic rings. The van der Waals surface area contributed by atoms with Crippen LogP contribution in [0.3, 0.4) is 0 Å². The SMILES string of the molecule is C1CC2C3CCC(C3)C2C1.C1CC2C3CCC(C3)C2C1.C1CC2C3CCC(C3)C2C1.C=C(C)C(=O)OCCOC(=O)CCC.C=C(C)C(=O)OCCOC(=O)N(CC)C(=O)NCC.C=C(C)C(=O)OCCOC(=O)N(CC)C(=O)NCC.C=C(C)C(=O)OCCOC(=O)NCC. The molecule has 9 saturated carbocycles. The zero-order valence-electron chi connectivity index (χ0n) is 59.8. The van der Waals surface area contributed by atoms with Crippen molar-refractivity contribution >= 4 is 60.2 Å². The first-order valence-electron chi connectivity index (χ1n) is 35.7. The van der Waals surface area contributed by atoms with Crippen LogP contribution in [0.25, 0.3) is 0 Å². The van der Waals surface area contributed by atoms with Crippen LogP contribution < -0.4 is 16.0 Å². The Morgan fingerprint density at radius 3 is 0.833 bits per heavy atom. The number of rotatable bonds is 23. The predicted octanol–water partition coefficient (Wildman–Crippen LogP) is 13.4. The fraction of sp³-hybridized carbons (Fsp3) is 0.753. The summed E-state index contributed by atoms with van der Waals surface area (Å²) >= 11 is 0. The summed E-state index contributed by atoms with van der Waals surface area (Å²) in [6.45, 7) is 31.9. The lowest BCUT2D eigenvalue weighted by molar-refractivity contribution is -0.150. The molecule has 96 heavy (non-hydrogen) atoms. The van der Waals surface area contributed by atoms with E-state index in [2.05, 4.69) is 51.7 Å². The lowest BCUT2D eigenvalue weighted by Crippen LogP contribution is -2.44. The average Bonchev–Trinajstić information content (AvgIpc) is 1.64. The smallest absolute Gasteiger partial charge is 0.418 e. The molecule has 0 aliphatic heterocycles. The molecule has 23 heteroatoms. The Labute approximate surface area is 572 Å². The largest absolute Gasteiger partial charge is 0.462 e. The van der Waals surface area contributed by atoms with Gasteiger partial charge in [0, 0.05) is 61.4 Å². The van der Waals surface area contributed by atoms with E-state index >= 15 is 0 Å². The van der Waals surface area contributed by atoms with Gasteiger partial charge in [0.25, 0.3) is 0 Å². The van der Waals surface area contributed by atoms with Crippen LogP contribution in [-0.4, -0.2) is 156 Å². The van der Waals surface area contributed by atoms with Crippen molar-refractivity contribution in [2.45, 2.75) is 198 Å². The van der Waals surface area contributed by atoms with Gasteiger partial charge >= 0.3 is 60.2 Å². The highest BCUT2D eigenvalue weighted by molar-refractivity contribution is 5.92. The molecule has 6 bridgehead atoms. The molecule has 0 aromatic carbocycles. The number of esters is 5. The predicted molar refractivity (Wildman–Crippen MR) is 365 cm³/mol. The molecular weight excluding hydrogens is 1230 g/mol. The Morgan fingerprint density at radius 2 is 0.594 bits per heavy atom. The molecule has 9 rings (SSSR count). The normalized spacial score (nSPS) is 24.4. The third-order valence-electron chi connectivity index (χ3n) is 19.7. The van der Waals surface area contributed by atoms with Crippen molar-refractivity contribution in [2.24, 2.45) is 71.0 Å². The van der Waals surface area contributed by atoms with Gasteiger partial charge < -0.3 is 53.8 Å². The maximum Gasteiger partial charge on any atom is 0.418 e. The Hall–Kier alpha value is -6.94. The summed E-state index contributed by atoms with van der Waals surface area (Å²) in [6.07, 6.45) is 27.7. The lowest BCUT2D eigenvalue weighted by atomic mass is 9.82. The molecule has 23 nitrogen and oxygen atoms in total. The van der Waals surface area contributed by atoms with Crippen LogP contribution in [0.2, 0.25) is 0 Å². The number of alkyl carbamates (subject to hydrolysis) is 1. The van der Waals surface area contributed by atoms with E-state index < -0.39 is 54.2 Å². The summed E-state index contributed by atoms with van der Waals surface area (Å²) < 4.78 is 37.9. The van der Waals surface area contributed by atoms with Crippen LogP contribution in [-0.2, 0) is 61.9 Å². The molecule has 0 radical (unpaired) electrons. The molecule has 0 saturated heterocycles. The van der Waals surface area contributed by atoms with Crippen molar-refractivity contribution in [1.82, 2.24) is 25.8 Å². The first kappa shape index (κ1) is 83.3. The highest BCUT2D eigenvalue weighted by Gasteiger charge is 2.51. The summed E-state index contributed by atoms with van der Waals surface area (Å²) in [5.74, 6) is 12.1. The highest BCUT2D eigenvalue weighted by Crippen LogP contribution is 2.60. The quantitative estimate of drug-likeness (QED) is 0.0371. The second-order valence-electron chi connectivity index (χ2n) is 26.5. The third kappa shape index (κ3) is 28.6. The monoisotopic (exact) mass is 1350 g/mol. The van der Waals surface area contributed by atoms with Crippen molar-refractivity contribution in [3.8, 4) is 0 Å². The van der Waals surface area contributed by atoms with Crippen LogP contribution in [0, 0.1) is 71.0 Å². The van der Waals surface area contributed by atoms with Gasteiger partial charge in [-0.3, -0.25) is 4.79 Å². The number of fused-ring (bicyclic) bond motifs is 15. The second-order valence-corrected chi connectivity index (χ2v) is 26.5. The first-order chi connectivity index (χ1) is 45.9. The molecule has 544 valence electrons. The maximum absolute atomic E-state index is 11.6. The summed E-state index contributed by atoms with van der Waals surface area (Å²) in [5.41, 5.74) is 1.19. The minimum Gasteiger partial charge on any atom is -0.462 e. The zero-order chi connectivity index (χ0) is 71.3. The van der Waals surface area contributed by atoms with Crippen molar-refractivity contribution in [3.05, 3.63) is 48.6 Å². The number of imide groups is 2. The fourth-order valence-electron chi connectivity index (χ4n) is 15.5. The Bertz CT molecular complexity index is 2310. The number of hydrogen-bond acceptors (Lipinski definition) is 18. The van der Waals surface area contributed by atoms with Crippen LogP contribution in [0.1, 0.15) is 198 Å². The molecule has 7 amide bonds. The Kier molecular flexibility index (Phi) is 39.5. The number of nitrogens with one attached hydrogen (secondary N) is 3. The number of hydrogen-bond donors (Lipinski definition) is 3. The number of carbonyl (C=O) groups is 10. The van der Waals surface area contributed by atoms with E-state index in [1.54, 1.807) is 164 Å². The van der Waals surface area contributed by atoms with E-state index in [0.717, 1.165) is 16.2 Å². The van der Waals surface area contributed by atoms with Gasteiger partial charge in [-0.1, -0.05) is 52.5 Å². The molecule has 9 fully saturated rings. The maximum atomic E-state index is 11.6. The molecule has 0 aromatic heterocycles. The van der Waals surface area contributed by atoms with E-state index in [1.807, 2.05) is 6.92 Å². The van der Waals surface area contributed by atoms with Crippen molar-refractivity contribution < 1.29 is 85.8 Å². The van der Waals surface area contributed by atoms with Crippen molar-refractivity contribution in [3.63, 3.8) is 0 Å². The fourth-order valence-corrected chi connectivity index (χ4v) is 15.5.